The molecule has 1 aromatic rings. The molecule has 0 spiro atoms. The van der Waals surface area contributed by atoms with Gasteiger partial charge in [-0.05, 0) is 37.5 Å². The number of nitrogens with one attached hydrogen (secondary N) is 1. The first-order chi connectivity index (χ1) is 8.80. The van der Waals surface area contributed by atoms with Crippen molar-refractivity contribution in [3.63, 3.8) is 0 Å². The minimum atomic E-state index is 0.632. The van der Waals surface area contributed by atoms with Crippen molar-refractivity contribution in [1.29, 1.82) is 0 Å². The Kier molecular flexibility index (Phi) is 3.23. The van der Waals surface area contributed by atoms with Crippen LogP contribution in [0.5, 0.6) is 0 Å². The fourth-order valence-corrected chi connectivity index (χ4v) is 3.76. The summed E-state index contributed by atoms with van der Waals surface area (Å²) in [4.78, 5) is 9.53. The average molecular weight is 245 g/mol. The van der Waals surface area contributed by atoms with Gasteiger partial charge in [0.15, 0.2) is 0 Å². The van der Waals surface area contributed by atoms with Crippen LogP contribution in [-0.2, 0) is 6.42 Å². The molecule has 0 saturated heterocycles. The van der Waals surface area contributed by atoms with Gasteiger partial charge >= 0.3 is 0 Å². The lowest BCUT2D eigenvalue weighted by atomic mass is 9.88. The van der Waals surface area contributed by atoms with Crippen LogP contribution in [0.15, 0.2) is 6.07 Å². The predicted octanol–water partition coefficient (Wildman–Crippen LogP) is 3.37. The third-order valence-electron chi connectivity index (χ3n) is 4.63. The summed E-state index contributed by atoms with van der Waals surface area (Å²) < 4.78 is 0. The van der Waals surface area contributed by atoms with Gasteiger partial charge in [0.1, 0.15) is 11.6 Å². The molecule has 18 heavy (non-hydrogen) atoms. The summed E-state index contributed by atoms with van der Waals surface area (Å²) in [6.07, 6.45) is 7.78. The molecule has 3 rings (SSSR count). The molecule has 3 atom stereocenters. The first-order valence-corrected chi connectivity index (χ1v) is 7.35. The van der Waals surface area contributed by atoms with E-state index in [2.05, 4.69) is 18.3 Å². The SMILES string of the molecule is CCCc1cc(NC)nc(C2CC3CCC2C3)n1. The van der Waals surface area contributed by atoms with Gasteiger partial charge in [0.05, 0.1) is 0 Å². The second-order valence-electron chi connectivity index (χ2n) is 5.88. The molecule has 0 amide bonds. The van der Waals surface area contributed by atoms with Crippen LogP contribution in [0.4, 0.5) is 5.82 Å². The third-order valence-corrected chi connectivity index (χ3v) is 4.63. The first kappa shape index (κ1) is 11.9. The van der Waals surface area contributed by atoms with Crippen LogP contribution < -0.4 is 5.32 Å². The zero-order valence-electron chi connectivity index (χ0n) is 11.4. The highest BCUT2D eigenvalue weighted by Crippen LogP contribution is 2.52. The van der Waals surface area contributed by atoms with Gasteiger partial charge in [0.25, 0.3) is 0 Å². The van der Waals surface area contributed by atoms with Crippen LogP contribution in [0.1, 0.15) is 56.5 Å². The van der Waals surface area contributed by atoms with Crippen LogP contribution in [0.25, 0.3) is 0 Å². The number of rotatable bonds is 4. The maximum atomic E-state index is 4.82. The molecule has 2 saturated carbocycles. The van der Waals surface area contributed by atoms with Gasteiger partial charge in [0.2, 0.25) is 0 Å². The molecule has 1 N–H and O–H groups in total. The Hall–Kier alpha value is -1.12. The van der Waals surface area contributed by atoms with E-state index >= 15 is 0 Å². The van der Waals surface area contributed by atoms with Gasteiger partial charge in [-0.15, -0.1) is 0 Å². The van der Waals surface area contributed by atoms with Gasteiger partial charge in [-0.25, -0.2) is 9.97 Å². The Morgan fingerprint density at radius 3 is 2.78 bits per heavy atom. The van der Waals surface area contributed by atoms with E-state index in [1.165, 1.54) is 31.4 Å². The van der Waals surface area contributed by atoms with E-state index in [0.717, 1.165) is 36.3 Å². The van der Waals surface area contributed by atoms with E-state index in [4.69, 9.17) is 9.97 Å². The smallest absolute Gasteiger partial charge is 0.134 e. The number of nitrogens with zero attached hydrogens (tertiary/aromatic N) is 2. The minimum absolute atomic E-state index is 0.632. The van der Waals surface area contributed by atoms with Gasteiger partial charge in [-0.2, -0.15) is 0 Å². The summed E-state index contributed by atoms with van der Waals surface area (Å²) in [5.74, 6) is 4.55. The van der Waals surface area contributed by atoms with E-state index in [9.17, 15) is 0 Å². The molecule has 1 heterocycles. The van der Waals surface area contributed by atoms with Crippen LogP contribution in [0.2, 0.25) is 0 Å². The van der Waals surface area contributed by atoms with Crippen molar-refractivity contribution < 1.29 is 0 Å². The number of aromatic nitrogens is 2. The topological polar surface area (TPSA) is 37.8 Å². The number of fused-ring (bicyclic) bond motifs is 2. The lowest BCUT2D eigenvalue weighted by Crippen LogP contribution is -2.14. The zero-order chi connectivity index (χ0) is 12.5. The van der Waals surface area contributed by atoms with Crippen LogP contribution in [-0.4, -0.2) is 17.0 Å². The molecule has 98 valence electrons. The molecule has 2 aliphatic rings. The standard InChI is InChI=1S/C15H23N3/c1-3-4-12-9-14(16-2)18-15(17-12)13-8-10-5-6-11(13)7-10/h9-11,13H,3-8H2,1-2H3,(H,16,17,18). The van der Waals surface area contributed by atoms with Gasteiger partial charge < -0.3 is 5.32 Å². The molecule has 3 nitrogen and oxygen atoms in total. The molecule has 2 bridgehead atoms. The maximum absolute atomic E-state index is 4.82. The van der Waals surface area contributed by atoms with Gasteiger partial charge in [0, 0.05) is 24.7 Å². The molecule has 2 aliphatic carbocycles. The predicted molar refractivity (Wildman–Crippen MR) is 73.8 cm³/mol. The highest BCUT2D eigenvalue weighted by atomic mass is 15.0. The molecule has 3 heteroatoms. The monoisotopic (exact) mass is 245 g/mol. The van der Waals surface area contributed by atoms with Gasteiger partial charge in [-0.1, -0.05) is 19.8 Å². The number of aryl methyl sites for hydroxylation is 1. The summed E-state index contributed by atoms with van der Waals surface area (Å²) in [6, 6.07) is 2.10. The van der Waals surface area contributed by atoms with Crippen molar-refractivity contribution in [1.82, 2.24) is 9.97 Å². The van der Waals surface area contributed by atoms with E-state index in [0.29, 0.717) is 5.92 Å². The average Bonchev–Trinajstić information content (AvgIpc) is 3.01. The Balaban J connectivity index is 1.88. The fourth-order valence-electron chi connectivity index (χ4n) is 3.76. The Labute approximate surface area is 109 Å². The normalized spacial score (nSPS) is 29.8. The molecule has 2 fully saturated rings. The number of anilines is 1. The Bertz CT molecular complexity index is 430. The second kappa shape index (κ2) is 4.87. The molecule has 3 unspecified atom stereocenters. The van der Waals surface area contributed by atoms with Crippen molar-refractivity contribution in [2.45, 2.75) is 51.4 Å². The van der Waals surface area contributed by atoms with Crippen molar-refractivity contribution in [2.24, 2.45) is 11.8 Å². The van der Waals surface area contributed by atoms with Crippen LogP contribution >= 0.6 is 0 Å². The molecular formula is C15H23N3. The highest BCUT2D eigenvalue weighted by molar-refractivity contribution is 5.36. The third kappa shape index (κ3) is 2.11. The first-order valence-electron chi connectivity index (χ1n) is 7.35. The van der Waals surface area contributed by atoms with E-state index in [-0.39, 0.29) is 0 Å². The number of hydrogen-bond donors (Lipinski definition) is 1. The highest BCUT2D eigenvalue weighted by Gasteiger charge is 2.41. The fraction of sp³-hybridized carbons (Fsp3) is 0.733. The maximum Gasteiger partial charge on any atom is 0.134 e. The summed E-state index contributed by atoms with van der Waals surface area (Å²) in [5.41, 5.74) is 1.20. The molecule has 1 aromatic heterocycles. The van der Waals surface area contributed by atoms with Crippen molar-refractivity contribution in [2.75, 3.05) is 12.4 Å². The second-order valence-corrected chi connectivity index (χ2v) is 5.88. The molecular weight excluding hydrogens is 222 g/mol. The van der Waals surface area contributed by atoms with Crippen LogP contribution in [0.3, 0.4) is 0 Å². The molecule has 0 aliphatic heterocycles. The Morgan fingerprint density at radius 2 is 2.17 bits per heavy atom. The molecule has 0 radical (unpaired) electrons. The van der Waals surface area contributed by atoms with E-state index in [1.807, 2.05) is 7.05 Å². The summed E-state index contributed by atoms with van der Waals surface area (Å²) in [6.45, 7) is 2.21. The zero-order valence-corrected chi connectivity index (χ0v) is 11.4. The summed E-state index contributed by atoms with van der Waals surface area (Å²) >= 11 is 0. The largest absolute Gasteiger partial charge is 0.373 e. The molecule has 0 aromatic carbocycles. The lowest BCUT2D eigenvalue weighted by Gasteiger charge is -2.21. The van der Waals surface area contributed by atoms with E-state index in [1.54, 1.807) is 0 Å². The van der Waals surface area contributed by atoms with Crippen LogP contribution in [0, 0.1) is 11.8 Å². The van der Waals surface area contributed by atoms with Crippen molar-refractivity contribution >= 4 is 5.82 Å². The minimum Gasteiger partial charge on any atom is -0.373 e. The van der Waals surface area contributed by atoms with E-state index < -0.39 is 0 Å². The van der Waals surface area contributed by atoms with Crippen molar-refractivity contribution in [3.05, 3.63) is 17.6 Å². The lowest BCUT2D eigenvalue weighted by molar-refractivity contribution is 0.404. The van der Waals surface area contributed by atoms with Crippen molar-refractivity contribution in [3.8, 4) is 0 Å². The number of hydrogen-bond acceptors (Lipinski definition) is 3. The summed E-state index contributed by atoms with van der Waals surface area (Å²) in [7, 11) is 1.95. The summed E-state index contributed by atoms with van der Waals surface area (Å²) in [5, 5.41) is 3.18. The quantitative estimate of drug-likeness (QED) is 0.883. The van der Waals surface area contributed by atoms with Gasteiger partial charge in [-0.3, -0.25) is 0 Å². The Morgan fingerprint density at radius 1 is 1.28 bits per heavy atom.